The maximum Gasteiger partial charge on any atom is 0.127 e. The van der Waals surface area contributed by atoms with E-state index in [4.69, 9.17) is 5.73 Å². The second kappa shape index (κ2) is 2.74. The minimum absolute atomic E-state index is 0.163. The van der Waals surface area contributed by atoms with E-state index in [2.05, 4.69) is 28.5 Å². The lowest BCUT2D eigenvalue weighted by molar-refractivity contribution is 0.427. The first kappa shape index (κ1) is 7.85. The highest BCUT2D eigenvalue weighted by Gasteiger charge is 2.41. The number of fused-ring (bicyclic) bond motifs is 3. The van der Waals surface area contributed by atoms with E-state index in [0.29, 0.717) is 11.8 Å². The fourth-order valence-corrected chi connectivity index (χ4v) is 2.50. The number of allylic oxidation sites excluding steroid dienone is 5. The van der Waals surface area contributed by atoms with E-state index in [1.54, 1.807) is 6.21 Å². The lowest BCUT2D eigenvalue weighted by Gasteiger charge is -2.23. The molecule has 0 amide bonds. The van der Waals surface area contributed by atoms with E-state index < -0.39 is 0 Å². The van der Waals surface area contributed by atoms with Crippen molar-refractivity contribution in [2.24, 2.45) is 22.6 Å². The molecule has 0 radical (unpaired) electrons. The highest BCUT2D eigenvalue weighted by atomic mass is 15.1. The molecule has 0 aromatic carbocycles. The van der Waals surface area contributed by atoms with Crippen molar-refractivity contribution in [1.29, 1.82) is 0 Å². The van der Waals surface area contributed by atoms with E-state index in [1.807, 2.05) is 6.08 Å². The number of nitrogens with one attached hydrogen (secondary N) is 1. The summed E-state index contributed by atoms with van der Waals surface area (Å²) in [6, 6.07) is 0. The van der Waals surface area contributed by atoms with Crippen molar-refractivity contribution in [3.8, 4) is 0 Å². The number of hydrogen-bond acceptors (Lipinski definition) is 3. The molecule has 1 fully saturated rings. The van der Waals surface area contributed by atoms with Crippen molar-refractivity contribution in [2.45, 2.75) is 12.6 Å². The first-order chi connectivity index (χ1) is 6.86. The minimum Gasteiger partial charge on any atom is -0.402 e. The van der Waals surface area contributed by atoms with Crippen LogP contribution in [0.5, 0.6) is 0 Å². The summed E-state index contributed by atoms with van der Waals surface area (Å²) < 4.78 is 0. The van der Waals surface area contributed by atoms with Crippen molar-refractivity contribution in [2.75, 3.05) is 0 Å². The van der Waals surface area contributed by atoms with E-state index in [0.717, 1.165) is 12.1 Å². The molecule has 2 aliphatic heterocycles. The molecule has 2 heterocycles. The first-order valence-corrected chi connectivity index (χ1v) is 4.98. The van der Waals surface area contributed by atoms with Crippen LogP contribution < -0.4 is 11.1 Å². The normalized spacial score (nSPS) is 38.1. The fraction of sp³-hybridized carbons (Fsp3) is 0.364. The van der Waals surface area contributed by atoms with E-state index >= 15 is 0 Å². The molecule has 3 rings (SSSR count). The van der Waals surface area contributed by atoms with Gasteiger partial charge in [-0.1, -0.05) is 12.2 Å². The zero-order valence-corrected chi connectivity index (χ0v) is 7.85. The largest absolute Gasteiger partial charge is 0.402 e. The number of hydrogen-bond donors (Lipinski definition) is 2. The van der Waals surface area contributed by atoms with Crippen molar-refractivity contribution in [1.82, 2.24) is 5.32 Å². The molecule has 0 aromatic heterocycles. The van der Waals surface area contributed by atoms with Crippen LogP contribution in [0.2, 0.25) is 0 Å². The van der Waals surface area contributed by atoms with Gasteiger partial charge in [-0.05, 0) is 18.6 Å². The fourth-order valence-electron chi connectivity index (χ4n) is 2.50. The predicted molar refractivity (Wildman–Crippen MR) is 56.5 cm³/mol. The molecule has 3 N–H and O–H groups in total. The number of nitrogens with zero attached hydrogens (tertiary/aromatic N) is 1. The molecule has 1 saturated heterocycles. The topological polar surface area (TPSA) is 50.4 Å². The van der Waals surface area contributed by atoms with Crippen LogP contribution in [0.3, 0.4) is 0 Å². The number of aliphatic imine (C=N–C) groups is 1. The van der Waals surface area contributed by atoms with Crippen LogP contribution in [0.25, 0.3) is 0 Å². The molecule has 1 aliphatic carbocycles. The molecule has 3 atom stereocenters. The van der Waals surface area contributed by atoms with Gasteiger partial charge < -0.3 is 11.1 Å². The molecule has 3 unspecified atom stereocenters. The van der Waals surface area contributed by atoms with Gasteiger partial charge in [0, 0.05) is 29.4 Å². The Morgan fingerprint density at radius 1 is 1.43 bits per heavy atom. The summed E-state index contributed by atoms with van der Waals surface area (Å²) in [4.78, 5) is 4.40. The Balaban J connectivity index is 1.99. The minimum atomic E-state index is 0.163. The van der Waals surface area contributed by atoms with Gasteiger partial charge in [-0.3, -0.25) is 4.99 Å². The summed E-state index contributed by atoms with van der Waals surface area (Å²) in [6.07, 6.45) is 11.4. The summed E-state index contributed by atoms with van der Waals surface area (Å²) in [7, 11) is 0. The van der Waals surface area contributed by atoms with Gasteiger partial charge in [0.2, 0.25) is 0 Å². The monoisotopic (exact) mass is 187 g/mol. The number of dihydropyridines is 1. The van der Waals surface area contributed by atoms with Gasteiger partial charge in [-0.25, -0.2) is 0 Å². The van der Waals surface area contributed by atoms with Gasteiger partial charge in [0.1, 0.15) is 6.17 Å². The third kappa shape index (κ3) is 0.953. The Labute approximate surface area is 83.1 Å². The second-order valence-electron chi connectivity index (χ2n) is 3.97. The Kier molecular flexibility index (Phi) is 1.54. The molecule has 0 spiro atoms. The molecule has 3 aliphatic rings. The summed E-state index contributed by atoms with van der Waals surface area (Å²) in [5.74, 6) is 0.870. The van der Waals surface area contributed by atoms with E-state index in [1.165, 1.54) is 5.70 Å². The van der Waals surface area contributed by atoms with Crippen LogP contribution >= 0.6 is 0 Å². The average Bonchev–Trinajstić information content (AvgIpc) is 2.57. The van der Waals surface area contributed by atoms with Gasteiger partial charge >= 0.3 is 0 Å². The van der Waals surface area contributed by atoms with Gasteiger partial charge in [-0.2, -0.15) is 0 Å². The Bertz CT molecular complexity index is 376. The number of nitrogens with two attached hydrogens (primary N) is 1. The lowest BCUT2D eigenvalue weighted by atomic mass is 9.84. The second-order valence-corrected chi connectivity index (χ2v) is 3.97. The van der Waals surface area contributed by atoms with Crippen LogP contribution in [0.4, 0.5) is 0 Å². The maximum absolute atomic E-state index is 6.01. The molecule has 0 aromatic rings. The molecule has 72 valence electrons. The predicted octanol–water partition coefficient (Wildman–Crippen LogP) is 0.919. The van der Waals surface area contributed by atoms with Crippen molar-refractivity contribution >= 4 is 6.21 Å². The van der Waals surface area contributed by atoms with Gasteiger partial charge in [0.05, 0.1) is 0 Å². The summed E-state index contributed by atoms with van der Waals surface area (Å²) >= 11 is 0. The van der Waals surface area contributed by atoms with Crippen LogP contribution in [0, 0.1) is 11.8 Å². The highest BCUT2D eigenvalue weighted by Crippen LogP contribution is 2.39. The third-order valence-corrected chi connectivity index (χ3v) is 3.19. The summed E-state index contributed by atoms with van der Waals surface area (Å²) in [5.41, 5.74) is 8.25. The molecule has 3 nitrogen and oxygen atoms in total. The van der Waals surface area contributed by atoms with Crippen LogP contribution in [-0.4, -0.2) is 12.4 Å². The standard InChI is InChI=1S/C11H13N3/c12-8-5-6-13-11-10(8)7-3-1-2-4-9(7)14-11/h1-2,4-7,10-11,14H,3,12H2. The maximum atomic E-state index is 6.01. The van der Waals surface area contributed by atoms with E-state index in [9.17, 15) is 0 Å². The van der Waals surface area contributed by atoms with Gasteiger partial charge in [0.15, 0.2) is 0 Å². The van der Waals surface area contributed by atoms with Crippen LogP contribution in [-0.2, 0) is 0 Å². The Morgan fingerprint density at radius 2 is 2.36 bits per heavy atom. The third-order valence-electron chi connectivity index (χ3n) is 3.19. The zero-order chi connectivity index (χ0) is 9.54. The average molecular weight is 187 g/mol. The van der Waals surface area contributed by atoms with Crippen molar-refractivity contribution < 1.29 is 0 Å². The van der Waals surface area contributed by atoms with Crippen LogP contribution in [0.1, 0.15) is 6.42 Å². The smallest absolute Gasteiger partial charge is 0.127 e. The SMILES string of the molecule is NC1=CC=NC2NC3=CC=CCC3C12. The lowest BCUT2D eigenvalue weighted by Crippen LogP contribution is -2.31. The first-order valence-electron chi connectivity index (χ1n) is 4.98. The molecule has 0 saturated carbocycles. The molecule has 0 bridgehead atoms. The van der Waals surface area contributed by atoms with Crippen LogP contribution in [0.15, 0.2) is 40.7 Å². The van der Waals surface area contributed by atoms with Crippen molar-refractivity contribution in [3.05, 3.63) is 35.7 Å². The van der Waals surface area contributed by atoms with Crippen molar-refractivity contribution in [3.63, 3.8) is 0 Å². The van der Waals surface area contributed by atoms with Gasteiger partial charge in [0.25, 0.3) is 0 Å². The number of rotatable bonds is 0. The Hall–Kier alpha value is -1.51. The quantitative estimate of drug-likeness (QED) is 0.592. The molecular weight excluding hydrogens is 174 g/mol. The summed E-state index contributed by atoms with van der Waals surface area (Å²) in [6.45, 7) is 0. The molecular formula is C11H13N3. The van der Waals surface area contributed by atoms with Gasteiger partial charge in [-0.15, -0.1) is 0 Å². The highest BCUT2D eigenvalue weighted by molar-refractivity contribution is 5.74. The Morgan fingerprint density at radius 3 is 3.29 bits per heavy atom. The zero-order valence-electron chi connectivity index (χ0n) is 7.85. The molecule has 3 heteroatoms. The summed E-state index contributed by atoms with van der Waals surface area (Å²) in [5, 5.41) is 3.42. The molecule has 14 heavy (non-hydrogen) atoms. The van der Waals surface area contributed by atoms with E-state index in [-0.39, 0.29) is 6.17 Å².